The molecule has 1 amide bonds. The molecule has 0 radical (unpaired) electrons. The quantitative estimate of drug-likeness (QED) is 0.620. The Bertz CT molecular complexity index is 1000. The Morgan fingerprint density at radius 3 is 2.96 bits per heavy atom. The molecule has 0 bridgehead atoms. The molecule has 4 N–H and O–H groups in total. The van der Waals surface area contributed by atoms with Crippen LogP contribution in [0.4, 0.5) is 11.4 Å². The molecule has 0 aromatic carbocycles. The Kier molecular flexibility index (Phi) is 4.90. The minimum atomic E-state index is -0.313. The molecule has 9 heteroatoms. The third kappa shape index (κ3) is 3.58. The molecule has 1 saturated heterocycles. The van der Waals surface area contributed by atoms with Gasteiger partial charge >= 0.3 is 0 Å². The molecule has 1 unspecified atom stereocenters. The Morgan fingerprint density at radius 2 is 2.19 bits per heavy atom. The number of aromatic amines is 1. The highest BCUT2D eigenvalue weighted by Crippen LogP contribution is 2.38. The Hall–Kier alpha value is -2.35. The summed E-state index contributed by atoms with van der Waals surface area (Å²) in [6.45, 7) is 1.55. The maximum Gasteiger partial charge on any atom is 0.257 e. The first-order valence-electron chi connectivity index (χ1n) is 8.61. The molecule has 27 heavy (non-hydrogen) atoms. The number of fused-ring (bicyclic) bond motifs is 1. The van der Waals surface area contributed by atoms with E-state index in [1.54, 1.807) is 18.5 Å². The number of carbonyl (C=O) groups is 1. The van der Waals surface area contributed by atoms with Crippen LogP contribution < -0.4 is 16.0 Å². The molecule has 0 aliphatic carbocycles. The van der Waals surface area contributed by atoms with Crippen LogP contribution in [0.15, 0.2) is 30.9 Å². The van der Waals surface area contributed by atoms with E-state index in [0.29, 0.717) is 33.5 Å². The minimum Gasteiger partial charge on any atom is -0.368 e. The van der Waals surface area contributed by atoms with E-state index in [0.717, 1.165) is 30.5 Å². The summed E-state index contributed by atoms with van der Waals surface area (Å²) in [7, 11) is 0. The van der Waals surface area contributed by atoms with Gasteiger partial charge < -0.3 is 20.9 Å². The molecule has 0 saturated carbocycles. The predicted molar refractivity (Wildman–Crippen MR) is 108 cm³/mol. The first-order valence-corrected chi connectivity index (χ1v) is 9.36. The lowest BCUT2D eigenvalue weighted by Gasteiger charge is -2.33. The van der Waals surface area contributed by atoms with E-state index < -0.39 is 0 Å². The van der Waals surface area contributed by atoms with Crippen molar-refractivity contribution in [1.29, 1.82) is 0 Å². The highest BCUT2D eigenvalue weighted by molar-refractivity contribution is 6.35. The van der Waals surface area contributed by atoms with Crippen LogP contribution in [0.25, 0.3) is 11.0 Å². The molecule has 3 aromatic heterocycles. The monoisotopic (exact) mass is 404 g/mol. The zero-order chi connectivity index (χ0) is 19.0. The van der Waals surface area contributed by atoms with Crippen LogP contribution in [-0.4, -0.2) is 40.0 Å². The summed E-state index contributed by atoms with van der Waals surface area (Å²) in [5.74, 6) is -0.313. The van der Waals surface area contributed by atoms with Crippen molar-refractivity contribution >= 4 is 51.5 Å². The number of nitrogens with two attached hydrogens (primary N) is 1. The third-order valence-electron chi connectivity index (χ3n) is 4.62. The molecule has 1 atom stereocenters. The first kappa shape index (κ1) is 18.0. The second-order valence-corrected chi connectivity index (χ2v) is 7.42. The Balaban J connectivity index is 1.73. The second kappa shape index (κ2) is 7.34. The van der Waals surface area contributed by atoms with Crippen LogP contribution in [0.2, 0.25) is 10.0 Å². The van der Waals surface area contributed by atoms with Gasteiger partial charge in [0, 0.05) is 37.7 Å². The molecule has 4 rings (SSSR count). The third-order valence-corrected chi connectivity index (χ3v) is 5.10. The number of anilines is 2. The number of pyridine rings is 2. The molecule has 140 valence electrons. The van der Waals surface area contributed by atoms with E-state index in [9.17, 15) is 4.79 Å². The summed E-state index contributed by atoms with van der Waals surface area (Å²) in [5.41, 5.74) is 8.59. The van der Waals surface area contributed by atoms with Crippen LogP contribution in [0.5, 0.6) is 0 Å². The van der Waals surface area contributed by atoms with Gasteiger partial charge in [-0.2, -0.15) is 0 Å². The highest BCUT2D eigenvalue weighted by atomic mass is 35.5. The maximum absolute atomic E-state index is 12.6. The van der Waals surface area contributed by atoms with Crippen molar-refractivity contribution in [1.82, 2.24) is 15.0 Å². The lowest BCUT2D eigenvalue weighted by Crippen LogP contribution is -2.43. The van der Waals surface area contributed by atoms with Gasteiger partial charge in [0.2, 0.25) is 0 Å². The maximum atomic E-state index is 12.6. The highest BCUT2D eigenvalue weighted by Gasteiger charge is 2.24. The summed E-state index contributed by atoms with van der Waals surface area (Å²) in [4.78, 5) is 26.2. The van der Waals surface area contributed by atoms with Gasteiger partial charge in [-0.05, 0) is 18.9 Å². The number of carbonyl (C=O) groups excluding carboxylic acids is 1. The van der Waals surface area contributed by atoms with Gasteiger partial charge in [-0.3, -0.25) is 9.78 Å². The average Bonchev–Trinajstić information content (AvgIpc) is 3.04. The number of nitrogens with one attached hydrogen (secondary N) is 2. The number of piperidine rings is 1. The normalized spacial score (nSPS) is 17.3. The van der Waals surface area contributed by atoms with Crippen LogP contribution in [-0.2, 0) is 0 Å². The molecule has 1 aliphatic heterocycles. The van der Waals surface area contributed by atoms with Crippen molar-refractivity contribution < 1.29 is 4.79 Å². The zero-order valence-corrected chi connectivity index (χ0v) is 15.9. The van der Waals surface area contributed by atoms with Gasteiger partial charge in [-0.1, -0.05) is 23.2 Å². The summed E-state index contributed by atoms with van der Waals surface area (Å²) in [6.07, 6.45) is 8.24. The number of aromatic nitrogens is 3. The van der Waals surface area contributed by atoms with Gasteiger partial charge in [0.25, 0.3) is 5.91 Å². The molecule has 7 nitrogen and oxygen atoms in total. The topological polar surface area (TPSA) is 99.9 Å². The van der Waals surface area contributed by atoms with Gasteiger partial charge in [0.1, 0.15) is 5.65 Å². The Morgan fingerprint density at radius 1 is 1.33 bits per heavy atom. The fourth-order valence-corrected chi connectivity index (χ4v) is 3.84. The molecular formula is C18H18Cl2N6O. The van der Waals surface area contributed by atoms with E-state index >= 15 is 0 Å². The van der Waals surface area contributed by atoms with Crippen molar-refractivity contribution in [2.75, 3.05) is 23.3 Å². The SMILES string of the molecule is NC1CCCN(c2c(Cl)cnc3[nH]cc(NC(=O)c4cncc(Cl)c4)c23)C1. The van der Waals surface area contributed by atoms with Crippen molar-refractivity contribution in [3.63, 3.8) is 0 Å². The average molecular weight is 405 g/mol. The van der Waals surface area contributed by atoms with Crippen molar-refractivity contribution in [3.8, 4) is 0 Å². The van der Waals surface area contributed by atoms with E-state index in [1.807, 2.05) is 0 Å². The smallest absolute Gasteiger partial charge is 0.257 e. The number of halogens is 2. The van der Waals surface area contributed by atoms with Gasteiger partial charge in [-0.25, -0.2) is 4.98 Å². The summed E-state index contributed by atoms with van der Waals surface area (Å²) in [5, 5.41) is 4.59. The van der Waals surface area contributed by atoms with E-state index in [2.05, 4.69) is 25.2 Å². The second-order valence-electron chi connectivity index (χ2n) is 6.57. The standard InChI is InChI=1S/C18H18Cl2N6O/c19-11-4-10(5-22-6-11)18(27)25-14-8-24-17-15(14)16(13(20)7-23-17)26-3-1-2-12(21)9-26/h4-8,12H,1-3,9,21H2,(H,23,24)(H,25,27). The largest absolute Gasteiger partial charge is 0.368 e. The van der Waals surface area contributed by atoms with Gasteiger partial charge in [-0.15, -0.1) is 0 Å². The van der Waals surface area contributed by atoms with Crippen molar-refractivity contribution in [2.45, 2.75) is 18.9 Å². The Labute approximate surface area is 165 Å². The molecule has 3 aromatic rings. The van der Waals surface area contributed by atoms with Gasteiger partial charge in [0.15, 0.2) is 0 Å². The van der Waals surface area contributed by atoms with Crippen LogP contribution in [0.1, 0.15) is 23.2 Å². The van der Waals surface area contributed by atoms with E-state index in [1.165, 1.54) is 12.4 Å². The predicted octanol–water partition coefficient (Wildman–Crippen LogP) is 3.44. The fourth-order valence-electron chi connectivity index (χ4n) is 3.41. The molecular weight excluding hydrogens is 387 g/mol. The lowest BCUT2D eigenvalue weighted by molar-refractivity contribution is 0.102. The van der Waals surface area contributed by atoms with Gasteiger partial charge in [0.05, 0.1) is 38.6 Å². The molecule has 1 fully saturated rings. The summed E-state index contributed by atoms with van der Waals surface area (Å²) >= 11 is 12.4. The summed E-state index contributed by atoms with van der Waals surface area (Å²) in [6, 6.07) is 1.65. The fraction of sp³-hybridized carbons (Fsp3) is 0.278. The summed E-state index contributed by atoms with van der Waals surface area (Å²) < 4.78 is 0. The van der Waals surface area contributed by atoms with Crippen LogP contribution in [0, 0.1) is 0 Å². The van der Waals surface area contributed by atoms with Crippen LogP contribution in [0.3, 0.4) is 0 Å². The minimum absolute atomic E-state index is 0.0903. The number of amides is 1. The van der Waals surface area contributed by atoms with Crippen molar-refractivity contribution in [3.05, 3.63) is 46.5 Å². The molecule has 1 aliphatic rings. The van der Waals surface area contributed by atoms with E-state index in [4.69, 9.17) is 28.9 Å². The number of hydrogen-bond acceptors (Lipinski definition) is 5. The van der Waals surface area contributed by atoms with Crippen LogP contribution >= 0.6 is 23.2 Å². The number of nitrogens with zero attached hydrogens (tertiary/aromatic N) is 3. The zero-order valence-electron chi connectivity index (χ0n) is 14.4. The number of hydrogen-bond donors (Lipinski definition) is 3. The number of H-pyrrole nitrogens is 1. The van der Waals surface area contributed by atoms with E-state index in [-0.39, 0.29) is 11.9 Å². The van der Waals surface area contributed by atoms with Crippen molar-refractivity contribution in [2.24, 2.45) is 5.73 Å². The molecule has 0 spiro atoms. The number of rotatable bonds is 3. The first-order chi connectivity index (χ1) is 13.0. The lowest BCUT2D eigenvalue weighted by atomic mass is 10.1. The molecule has 4 heterocycles.